The average molecular weight is 254 g/mol. The van der Waals surface area contributed by atoms with E-state index >= 15 is 0 Å². The van der Waals surface area contributed by atoms with Gasteiger partial charge in [0.15, 0.2) is 5.78 Å². The van der Waals surface area contributed by atoms with Crippen LogP contribution in [0.1, 0.15) is 29.6 Å². The van der Waals surface area contributed by atoms with Crippen LogP contribution in [0.2, 0.25) is 0 Å². The van der Waals surface area contributed by atoms with Crippen LogP contribution < -0.4 is 5.32 Å². The van der Waals surface area contributed by atoms with Crippen LogP contribution in [0.25, 0.3) is 10.8 Å². The summed E-state index contributed by atoms with van der Waals surface area (Å²) in [6.45, 7) is 2.16. The summed E-state index contributed by atoms with van der Waals surface area (Å²) in [7, 11) is 0. The Kier molecular flexibility index (Phi) is 3.56. The highest BCUT2D eigenvalue weighted by Crippen LogP contribution is 2.21. The second-order valence-electron chi connectivity index (χ2n) is 5.22. The van der Waals surface area contributed by atoms with E-state index in [4.69, 9.17) is 0 Å². The van der Waals surface area contributed by atoms with Crippen molar-refractivity contribution in [2.24, 2.45) is 5.92 Å². The summed E-state index contributed by atoms with van der Waals surface area (Å²) in [5.74, 6) is 0.921. The van der Waals surface area contributed by atoms with Crippen molar-refractivity contribution in [3.8, 4) is 0 Å². The van der Waals surface area contributed by atoms with E-state index in [0.717, 1.165) is 35.8 Å². The highest BCUT2D eigenvalue weighted by Gasteiger charge is 2.17. The van der Waals surface area contributed by atoms with Crippen molar-refractivity contribution in [2.45, 2.75) is 19.3 Å². The number of nitrogens with one attached hydrogen (secondary N) is 1. The lowest BCUT2D eigenvalue weighted by Crippen LogP contribution is -2.10. The Morgan fingerprint density at radius 1 is 1.37 bits per heavy atom. The van der Waals surface area contributed by atoms with Crippen molar-refractivity contribution < 1.29 is 4.79 Å². The number of fused-ring (bicyclic) bond motifs is 1. The van der Waals surface area contributed by atoms with Crippen molar-refractivity contribution in [2.75, 3.05) is 13.1 Å². The fraction of sp³-hybridized carbons (Fsp3) is 0.375. The number of Topliss-reactive ketones (excluding diaryl/α,β-unsaturated/α-hetero) is 1. The zero-order valence-corrected chi connectivity index (χ0v) is 10.9. The maximum atomic E-state index is 12.4. The van der Waals surface area contributed by atoms with Gasteiger partial charge in [0.2, 0.25) is 0 Å². The van der Waals surface area contributed by atoms with Gasteiger partial charge in [0, 0.05) is 29.8 Å². The predicted molar refractivity (Wildman–Crippen MR) is 76.3 cm³/mol. The number of carbonyl (C=O) groups excluding carboxylic acids is 1. The molecule has 98 valence electrons. The van der Waals surface area contributed by atoms with Crippen LogP contribution >= 0.6 is 0 Å². The van der Waals surface area contributed by atoms with Gasteiger partial charge in [-0.2, -0.15) is 0 Å². The first kappa shape index (κ1) is 12.3. The van der Waals surface area contributed by atoms with Crippen molar-refractivity contribution in [3.05, 3.63) is 42.2 Å². The first-order valence-electron chi connectivity index (χ1n) is 6.91. The molecule has 0 radical (unpaired) electrons. The standard InChI is InChI=1S/C16H18N2O/c19-16(5-4-12-6-8-17-10-12)15-3-1-2-13-11-18-9-7-14(13)15/h1-3,7,9,11-12,17H,4-6,8,10H2. The fourth-order valence-electron chi connectivity index (χ4n) is 2.80. The number of hydrogen-bond acceptors (Lipinski definition) is 3. The van der Waals surface area contributed by atoms with E-state index in [-0.39, 0.29) is 5.78 Å². The van der Waals surface area contributed by atoms with Gasteiger partial charge in [-0.05, 0) is 43.3 Å². The molecule has 0 aliphatic carbocycles. The van der Waals surface area contributed by atoms with Gasteiger partial charge in [0.1, 0.15) is 0 Å². The lowest BCUT2D eigenvalue weighted by atomic mass is 9.96. The molecule has 0 bridgehead atoms. The molecule has 1 fully saturated rings. The van der Waals surface area contributed by atoms with Crippen LogP contribution in [0.5, 0.6) is 0 Å². The Balaban J connectivity index is 1.77. The molecule has 1 aliphatic heterocycles. The summed E-state index contributed by atoms with van der Waals surface area (Å²) in [4.78, 5) is 16.5. The van der Waals surface area contributed by atoms with Gasteiger partial charge in [0.05, 0.1) is 0 Å². The predicted octanol–water partition coefficient (Wildman–Crippen LogP) is 2.81. The Morgan fingerprint density at radius 2 is 2.32 bits per heavy atom. The minimum atomic E-state index is 0.253. The number of aromatic nitrogens is 1. The lowest BCUT2D eigenvalue weighted by molar-refractivity contribution is 0.0976. The molecule has 19 heavy (non-hydrogen) atoms. The van der Waals surface area contributed by atoms with Crippen LogP contribution in [0, 0.1) is 5.92 Å². The number of rotatable bonds is 4. The van der Waals surface area contributed by atoms with Gasteiger partial charge in [0.25, 0.3) is 0 Å². The monoisotopic (exact) mass is 254 g/mol. The second kappa shape index (κ2) is 5.49. The summed E-state index contributed by atoms with van der Waals surface area (Å²) in [5, 5.41) is 5.40. The minimum absolute atomic E-state index is 0.253. The van der Waals surface area contributed by atoms with Crippen molar-refractivity contribution in [3.63, 3.8) is 0 Å². The fourth-order valence-corrected chi connectivity index (χ4v) is 2.80. The summed E-state index contributed by atoms with van der Waals surface area (Å²) in [6.07, 6.45) is 6.40. The summed E-state index contributed by atoms with van der Waals surface area (Å²) in [5.41, 5.74) is 0.839. The van der Waals surface area contributed by atoms with Gasteiger partial charge < -0.3 is 5.32 Å². The number of pyridine rings is 1. The van der Waals surface area contributed by atoms with Gasteiger partial charge in [-0.3, -0.25) is 9.78 Å². The topological polar surface area (TPSA) is 42.0 Å². The second-order valence-corrected chi connectivity index (χ2v) is 5.22. The van der Waals surface area contributed by atoms with Crippen LogP contribution in [0.4, 0.5) is 0 Å². The molecule has 1 N–H and O–H groups in total. The highest BCUT2D eigenvalue weighted by molar-refractivity contribution is 6.07. The molecule has 2 heterocycles. The Morgan fingerprint density at radius 3 is 3.16 bits per heavy atom. The first-order chi connectivity index (χ1) is 9.34. The summed E-state index contributed by atoms with van der Waals surface area (Å²) in [6, 6.07) is 7.80. The quantitative estimate of drug-likeness (QED) is 0.853. The van der Waals surface area contributed by atoms with E-state index in [1.165, 1.54) is 6.42 Å². The molecule has 3 heteroatoms. The number of benzene rings is 1. The van der Waals surface area contributed by atoms with Crippen molar-refractivity contribution >= 4 is 16.6 Å². The van der Waals surface area contributed by atoms with Crippen molar-refractivity contribution in [1.82, 2.24) is 10.3 Å². The molecule has 1 aromatic carbocycles. The van der Waals surface area contributed by atoms with Crippen LogP contribution in [0.15, 0.2) is 36.7 Å². The molecule has 1 saturated heterocycles. The number of hydrogen-bond donors (Lipinski definition) is 1. The molecule has 1 aliphatic rings. The van der Waals surface area contributed by atoms with Gasteiger partial charge in [-0.15, -0.1) is 0 Å². The van der Waals surface area contributed by atoms with E-state index in [0.29, 0.717) is 12.3 Å². The average Bonchev–Trinajstić information content (AvgIpc) is 2.97. The zero-order chi connectivity index (χ0) is 13.1. The third kappa shape index (κ3) is 2.66. The van der Waals surface area contributed by atoms with Gasteiger partial charge >= 0.3 is 0 Å². The number of carbonyl (C=O) groups is 1. The highest BCUT2D eigenvalue weighted by atomic mass is 16.1. The van der Waals surface area contributed by atoms with Crippen LogP contribution in [-0.4, -0.2) is 23.9 Å². The lowest BCUT2D eigenvalue weighted by Gasteiger charge is -2.08. The molecule has 0 saturated carbocycles. The molecule has 1 aromatic heterocycles. The maximum Gasteiger partial charge on any atom is 0.163 e. The summed E-state index contributed by atoms with van der Waals surface area (Å²) >= 11 is 0. The number of ketones is 1. The minimum Gasteiger partial charge on any atom is -0.316 e. The molecule has 1 unspecified atom stereocenters. The molecular formula is C16H18N2O. The van der Waals surface area contributed by atoms with E-state index in [9.17, 15) is 4.79 Å². The van der Waals surface area contributed by atoms with Crippen molar-refractivity contribution in [1.29, 1.82) is 0 Å². The molecule has 0 amide bonds. The third-order valence-electron chi connectivity index (χ3n) is 3.92. The molecule has 3 nitrogen and oxygen atoms in total. The summed E-state index contributed by atoms with van der Waals surface area (Å²) < 4.78 is 0. The maximum absolute atomic E-state index is 12.4. The SMILES string of the molecule is O=C(CCC1CCNC1)c1cccc2cnccc12. The molecule has 3 rings (SSSR count). The van der Waals surface area contributed by atoms with E-state index in [1.54, 1.807) is 6.20 Å². The molecular weight excluding hydrogens is 236 g/mol. The Hall–Kier alpha value is -1.74. The van der Waals surface area contributed by atoms with E-state index in [1.807, 2.05) is 30.5 Å². The third-order valence-corrected chi connectivity index (χ3v) is 3.92. The van der Waals surface area contributed by atoms with Crippen LogP contribution in [0.3, 0.4) is 0 Å². The van der Waals surface area contributed by atoms with E-state index in [2.05, 4.69) is 10.3 Å². The van der Waals surface area contributed by atoms with E-state index < -0.39 is 0 Å². The molecule has 0 spiro atoms. The molecule has 1 atom stereocenters. The number of nitrogens with zero attached hydrogens (tertiary/aromatic N) is 1. The van der Waals surface area contributed by atoms with Crippen LogP contribution in [-0.2, 0) is 0 Å². The Labute approximate surface area is 113 Å². The van der Waals surface area contributed by atoms with Gasteiger partial charge in [-0.1, -0.05) is 18.2 Å². The first-order valence-corrected chi connectivity index (χ1v) is 6.91. The smallest absolute Gasteiger partial charge is 0.163 e. The molecule has 2 aromatic rings. The normalized spacial score (nSPS) is 18.8. The largest absolute Gasteiger partial charge is 0.316 e. The Bertz CT molecular complexity index is 583. The van der Waals surface area contributed by atoms with Gasteiger partial charge in [-0.25, -0.2) is 0 Å². The zero-order valence-electron chi connectivity index (χ0n) is 10.9.